The van der Waals surface area contributed by atoms with E-state index < -0.39 is 0 Å². The molecule has 30 heavy (non-hydrogen) atoms. The zero-order valence-corrected chi connectivity index (χ0v) is 19.9. The Balaban J connectivity index is 0. The van der Waals surface area contributed by atoms with Gasteiger partial charge in [-0.3, -0.25) is 0 Å². The average molecular weight is 418 g/mol. The summed E-state index contributed by atoms with van der Waals surface area (Å²) in [6.45, 7) is 13.2. The maximum atomic E-state index is 8.81. The van der Waals surface area contributed by atoms with Gasteiger partial charge in [-0.1, -0.05) is 88.4 Å². The molecule has 170 valence electrons. The second kappa shape index (κ2) is 25.0. The van der Waals surface area contributed by atoms with Gasteiger partial charge in [-0.25, -0.2) is 0 Å². The van der Waals surface area contributed by atoms with E-state index in [9.17, 15) is 0 Å². The van der Waals surface area contributed by atoms with Crippen LogP contribution in [0.1, 0.15) is 52.2 Å². The zero-order valence-electron chi connectivity index (χ0n) is 19.9. The van der Waals surface area contributed by atoms with Gasteiger partial charge < -0.3 is 19.6 Å². The Hall–Kier alpha value is -2.01. The quantitative estimate of drug-likeness (QED) is 0.462. The van der Waals surface area contributed by atoms with Crippen molar-refractivity contribution in [2.75, 3.05) is 26.8 Å². The van der Waals surface area contributed by atoms with Gasteiger partial charge in [0.15, 0.2) is 0 Å². The number of hydrogen-bond donors (Lipinski definition) is 1. The molecule has 4 nitrogen and oxygen atoms in total. The summed E-state index contributed by atoms with van der Waals surface area (Å²) in [5.41, 5.74) is 2.43. The Bertz CT molecular complexity index is 516. The number of aldehydes is 1. The fourth-order valence-corrected chi connectivity index (χ4v) is 2.40. The van der Waals surface area contributed by atoms with E-state index in [-0.39, 0.29) is 0 Å². The first-order valence-corrected chi connectivity index (χ1v) is 11.1. The molecule has 1 N–H and O–H groups in total. The van der Waals surface area contributed by atoms with Crippen LogP contribution in [0.25, 0.3) is 0 Å². The second-order valence-electron chi connectivity index (χ2n) is 6.00. The van der Waals surface area contributed by atoms with Crippen LogP contribution in [0.2, 0.25) is 0 Å². The SMILES string of the molecule is CC.CC.CC=O.CNCCC(COCc1ccccc1)COCc1ccccc1. The molecule has 0 amide bonds. The summed E-state index contributed by atoms with van der Waals surface area (Å²) < 4.78 is 11.7. The largest absolute Gasteiger partial charge is 0.376 e. The van der Waals surface area contributed by atoms with Crippen LogP contribution in [-0.2, 0) is 27.5 Å². The molecule has 0 aromatic heterocycles. The molecule has 0 bridgehead atoms. The lowest BCUT2D eigenvalue weighted by Crippen LogP contribution is -2.21. The third-order valence-corrected chi connectivity index (χ3v) is 3.73. The highest BCUT2D eigenvalue weighted by Crippen LogP contribution is 2.09. The molecule has 0 aliphatic carbocycles. The van der Waals surface area contributed by atoms with E-state index >= 15 is 0 Å². The Labute approximate surface area is 185 Å². The molecule has 0 unspecified atom stereocenters. The average Bonchev–Trinajstić information content (AvgIpc) is 2.82. The minimum atomic E-state index is 0.412. The van der Waals surface area contributed by atoms with Crippen molar-refractivity contribution in [3.8, 4) is 0 Å². The van der Waals surface area contributed by atoms with Crippen molar-refractivity contribution in [2.45, 2.75) is 54.3 Å². The van der Waals surface area contributed by atoms with Crippen molar-refractivity contribution in [1.29, 1.82) is 0 Å². The van der Waals surface area contributed by atoms with Gasteiger partial charge in [0.1, 0.15) is 6.29 Å². The van der Waals surface area contributed by atoms with Gasteiger partial charge in [0.05, 0.1) is 26.4 Å². The highest BCUT2D eigenvalue weighted by Gasteiger charge is 2.09. The van der Waals surface area contributed by atoms with Crippen molar-refractivity contribution in [3.05, 3.63) is 71.8 Å². The third kappa shape index (κ3) is 18.0. The smallest absolute Gasteiger partial charge is 0.116 e. The lowest BCUT2D eigenvalue weighted by molar-refractivity contribution is -0.106. The standard InChI is InChI=1S/C20H27NO2.C2H4O.2C2H6/c1-21-13-12-20(16-22-14-18-8-4-2-5-9-18)17-23-15-19-10-6-3-7-11-19;1-2-3;2*1-2/h2-11,20-21H,12-17H2,1H3;2H,1H3;2*1-2H3. The van der Waals surface area contributed by atoms with Crippen molar-refractivity contribution in [2.24, 2.45) is 5.92 Å². The number of carbonyl (C=O) groups excluding carboxylic acids is 1. The van der Waals surface area contributed by atoms with Gasteiger partial charge in [-0.15, -0.1) is 0 Å². The number of benzene rings is 2. The summed E-state index contributed by atoms with van der Waals surface area (Å²) in [7, 11) is 1.98. The molecule has 0 heterocycles. The van der Waals surface area contributed by atoms with E-state index in [2.05, 4.69) is 29.6 Å². The van der Waals surface area contributed by atoms with E-state index in [0.717, 1.165) is 32.5 Å². The number of hydrogen-bond acceptors (Lipinski definition) is 4. The topological polar surface area (TPSA) is 47.6 Å². The van der Waals surface area contributed by atoms with E-state index in [1.807, 2.05) is 71.1 Å². The minimum Gasteiger partial charge on any atom is -0.376 e. The third-order valence-electron chi connectivity index (χ3n) is 3.73. The van der Waals surface area contributed by atoms with E-state index in [4.69, 9.17) is 14.3 Å². The van der Waals surface area contributed by atoms with Gasteiger partial charge in [-0.05, 0) is 38.1 Å². The molecule has 0 aliphatic heterocycles. The van der Waals surface area contributed by atoms with Crippen LogP contribution in [0.4, 0.5) is 0 Å². The summed E-state index contributed by atoms with van der Waals surface area (Å²) in [6.07, 6.45) is 1.81. The minimum absolute atomic E-state index is 0.412. The predicted octanol–water partition coefficient (Wildman–Crippen LogP) is 5.90. The summed E-state index contributed by atoms with van der Waals surface area (Å²) in [4.78, 5) is 8.81. The molecule has 0 atom stereocenters. The molecule has 2 aromatic carbocycles. The number of rotatable bonds is 11. The number of ether oxygens (including phenoxy) is 2. The number of nitrogens with one attached hydrogen (secondary N) is 1. The Kier molecular flexibility index (Phi) is 25.2. The summed E-state index contributed by atoms with van der Waals surface area (Å²) in [5.74, 6) is 0.412. The highest BCUT2D eigenvalue weighted by atomic mass is 16.5. The Morgan fingerprint density at radius 1 is 0.800 bits per heavy atom. The second-order valence-corrected chi connectivity index (χ2v) is 6.00. The van der Waals surface area contributed by atoms with E-state index in [0.29, 0.717) is 19.1 Å². The molecule has 0 saturated heterocycles. The molecular weight excluding hydrogens is 374 g/mol. The molecule has 0 spiro atoms. The Morgan fingerprint density at radius 2 is 1.17 bits per heavy atom. The molecule has 0 saturated carbocycles. The monoisotopic (exact) mass is 417 g/mol. The molecule has 0 fully saturated rings. The van der Waals surface area contributed by atoms with Gasteiger partial charge in [0.2, 0.25) is 0 Å². The van der Waals surface area contributed by atoms with Crippen LogP contribution in [0.3, 0.4) is 0 Å². The Morgan fingerprint density at radius 3 is 1.50 bits per heavy atom. The zero-order chi connectivity index (χ0) is 22.9. The van der Waals surface area contributed by atoms with Crippen LogP contribution in [0.5, 0.6) is 0 Å². The molecular formula is C26H43NO3. The van der Waals surface area contributed by atoms with Crippen LogP contribution >= 0.6 is 0 Å². The first-order chi connectivity index (χ1) is 14.8. The maximum Gasteiger partial charge on any atom is 0.116 e. The predicted molar refractivity (Wildman–Crippen MR) is 129 cm³/mol. The molecule has 2 rings (SSSR count). The van der Waals surface area contributed by atoms with Crippen LogP contribution in [0, 0.1) is 5.92 Å². The van der Waals surface area contributed by atoms with Crippen molar-refractivity contribution < 1.29 is 14.3 Å². The first-order valence-electron chi connectivity index (χ1n) is 11.1. The lowest BCUT2D eigenvalue weighted by Gasteiger charge is -2.17. The van der Waals surface area contributed by atoms with Crippen LogP contribution in [0.15, 0.2) is 60.7 Å². The summed E-state index contributed by atoms with van der Waals surface area (Å²) in [5, 5.41) is 3.20. The van der Waals surface area contributed by atoms with Crippen molar-refractivity contribution in [1.82, 2.24) is 5.32 Å². The normalized spacial score (nSPS) is 9.30. The van der Waals surface area contributed by atoms with E-state index in [1.54, 1.807) is 0 Å². The van der Waals surface area contributed by atoms with Gasteiger partial charge >= 0.3 is 0 Å². The lowest BCUT2D eigenvalue weighted by atomic mass is 10.1. The number of carbonyl (C=O) groups is 1. The molecule has 4 heteroatoms. The molecule has 0 radical (unpaired) electrons. The summed E-state index contributed by atoms with van der Waals surface area (Å²) in [6, 6.07) is 20.6. The van der Waals surface area contributed by atoms with Gasteiger partial charge in [0, 0.05) is 5.92 Å². The highest BCUT2D eigenvalue weighted by molar-refractivity contribution is 5.44. The van der Waals surface area contributed by atoms with Crippen molar-refractivity contribution in [3.63, 3.8) is 0 Å². The fraction of sp³-hybridized carbons (Fsp3) is 0.500. The van der Waals surface area contributed by atoms with Gasteiger partial charge in [-0.2, -0.15) is 0 Å². The van der Waals surface area contributed by atoms with Crippen LogP contribution in [-0.4, -0.2) is 33.1 Å². The van der Waals surface area contributed by atoms with Gasteiger partial charge in [0.25, 0.3) is 0 Å². The van der Waals surface area contributed by atoms with Crippen molar-refractivity contribution >= 4 is 6.29 Å². The maximum absolute atomic E-state index is 8.81. The van der Waals surface area contributed by atoms with E-state index in [1.165, 1.54) is 18.1 Å². The molecule has 2 aromatic rings. The fourth-order valence-electron chi connectivity index (χ4n) is 2.40. The summed E-state index contributed by atoms with van der Waals surface area (Å²) >= 11 is 0. The molecule has 0 aliphatic rings. The van der Waals surface area contributed by atoms with Crippen LogP contribution < -0.4 is 5.32 Å². The first kappa shape index (κ1) is 30.2.